The summed E-state index contributed by atoms with van der Waals surface area (Å²) in [6.45, 7) is 6.50. The van der Waals surface area contributed by atoms with E-state index in [0.717, 1.165) is 22.8 Å². The van der Waals surface area contributed by atoms with Gasteiger partial charge in [-0.1, -0.05) is 12.1 Å². The van der Waals surface area contributed by atoms with Gasteiger partial charge < -0.3 is 26.8 Å². The molecule has 0 saturated carbocycles. The molecule has 0 radical (unpaired) electrons. The highest BCUT2D eigenvalue weighted by Crippen LogP contribution is 2.19. The first-order valence-corrected chi connectivity index (χ1v) is 11.1. The van der Waals surface area contributed by atoms with Crippen LogP contribution in [0.3, 0.4) is 0 Å². The van der Waals surface area contributed by atoms with Gasteiger partial charge in [0.15, 0.2) is 11.1 Å². The van der Waals surface area contributed by atoms with Gasteiger partial charge in [0, 0.05) is 29.1 Å². The molecule has 1 heterocycles. The lowest BCUT2D eigenvalue weighted by atomic mass is 10.2. The van der Waals surface area contributed by atoms with Gasteiger partial charge in [0.05, 0.1) is 12.2 Å². The quantitative estimate of drug-likeness (QED) is 0.216. The van der Waals surface area contributed by atoms with E-state index in [1.54, 1.807) is 11.8 Å². The lowest BCUT2D eigenvalue weighted by molar-refractivity contribution is 0.0531. The second kappa shape index (κ2) is 10.9. The summed E-state index contributed by atoms with van der Waals surface area (Å²) in [7, 11) is 0. The predicted molar refractivity (Wildman–Crippen MR) is 122 cm³/mol. The average molecular weight is 437 g/mol. The number of benzene rings is 1. The topological polar surface area (TPSA) is 128 Å². The van der Waals surface area contributed by atoms with E-state index >= 15 is 0 Å². The Morgan fingerprint density at radius 1 is 1.38 bits per heavy atom. The third-order valence-corrected chi connectivity index (χ3v) is 5.13. The largest absolute Gasteiger partial charge is 0.444 e. The molecule has 0 atom stereocenters. The minimum absolute atomic E-state index is 0.308. The molecule has 0 aliphatic heterocycles. The van der Waals surface area contributed by atoms with E-state index in [2.05, 4.69) is 20.6 Å². The smallest absolute Gasteiger partial charge is 0.407 e. The van der Waals surface area contributed by atoms with Crippen LogP contribution in [0.4, 0.5) is 15.6 Å². The Bertz CT molecular complexity index is 832. The van der Waals surface area contributed by atoms with Crippen molar-refractivity contribution in [3.8, 4) is 0 Å². The Balaban J connectivity index is 1.68. The Hall–Kier alpha value is -2.46. The molecule has 0 spiro atoms. The molecule has 6 N–H and O–H groups in total. The number of guanidine groups is 1. The Kier molecular flexibility index (Phi) is 8.59. The van der Waals surface area contributed by atoms with Crippen molar-refractivity contribution in [1.29, 1.82) is 0 Å². The summed E-state index contributed by atoms with van der Waals surface area (Å²) in [5.74, 6) is 1.82. The number of aliphatic imine (C=N–C) groups is 1. The van der Waals surface area contributed by atoms with Crippen molar-refractivity contribution in [1.82, 2.24) is 10.3 Å². The number of thiazole rings is 1. The number of hydrogen-bond acceptors (Lipinski definition) is 7. The van der Waals surface area contributed by atoms with Crippen LogP contribution >= 0.6 is 23.1 Å². The molecule has 0 aliphatic rings. The Morgan fingerprint density at radius 2 is 2.17 bits per heavy atom. The van der Waals surface area contributed by atoms with Crippen molar-refractivity contribution in [3.63, 3.8) is 0 Å². The highest BCUT2D eigenvalue weighted by Gasteiger charge is 2.15. The predicted octanol–water partition coefficient (Wildman–Crippen LogP) is 3.41. The Morgan fingerprint density at radius 3 is 2.90 bits per heavy atom. The van der Waals surface area contributed by atoms with Gasteiger partial charge in [0.25, 0.3) is 0 Å². The minimum atomic E-state index is -0.485. The van der Waals surface area contributed by atoms with Crippen molar-refractivity contribution in [2.24, 2.45) is 10.7 Å². The monoisotopic (exact) mass is 436 g/mol. The molecule has 8 nitrogen and oxygen atoms in total. The van der Waals surface area contributed by atoms with E-state index in [4.69, 9.17) is 16.2 Å². The van der Waals surface area contributed by atoms with E-state index in [-0.39, 0.29) is 0 Å². The number of amides is 1. The second-order valence-electron chi connectivity index (χ2n) is 7.20. The molecule has 158 valence electrons. The number of rotatable bonds is 8. The van der Waals surface area contributed by atoms with E-state index in [1.165, 1.54) is 11.3 Å². The van der Waals surface area contributed by atoms with Crippen LogP contribution in [0.5, 0.6) is 0 Å². The number of nitrogen functional groups attached to an aromatic ring is 1. The van der Waals surface area contributed by atoms with Crippen molar-refractivity contribution in [2.45, 2.75) is 38.7 Å². The highest BCUT2D eigenvalue weighted by atomic mass is 32.2. The number of alkyl carbamates (subject to hydrolysis) is 1. The number of carbonyl (C=O) groups excluding carboxylic acids is 1. The fourth-order valence-electron chi connectivity index (χ4n) is 2.16. The zero-order valence-corrected chi connectivity index (χ0v) is 18.5. The molecular weight excluding hydrogens is 408 g/mol. The number of aromatic nitrogens is 1. The molecule has 1 amide bonds. The fourth-order valence-corrected chi connectivity index (χ4v) is 3.73. The number of thioether (sulfide) groups is 1. The molecule has 29 heavy (non-hydrogen) atoms. The molecule has 2 aromatic rings. The summed E-state index contributed by atoms with van der Waals surface area (Å²) in [4.78, 5) is 20.4. The van der Waals surface area contributed by atoms with Crippen molar-refractivity contribution >= 4 is 46.0 Å². The molecule has 10 heteroatoms. The molecule has 0 fully saturated rings. The molecule has 1 aromatic heterocycles. The van der Waals surface area contributed by atoms with E-state index < -0.39 is 11.7 Å². The summed E-state index contributed by atoms with van der Waals surface area (Å²) in [5, 5.41) is 8.41. The SMILES string of the molecule is CC(C)(C)OC(=O)NCCSCc1csc(NC(N)=NCc2cccc(N)c2)n1. The maximum atomic E-state index is 11.6. The van der Waals surface area contributed by atoms with E-state index in [0.29, 0.717) is 29.9 Å². The fraction of sp³-hybridized carbons (Fsp3) is 0.421. The highest BCUT2D eigenvalue weighted by molar-refractivity contribution is 7.98. The summed E-state index contributed by atoms with van der Waals surface area (Å²) in [6.07, 6.45) is -0.397. The van der Waals surface area contributed by atoms with Crippen LogP contribution in [-0.2, 0) is 17.0 Å². The number of hydrogen-bond donors (Lipinski definition) is 4. The van der Waals surface area contributed by atoms with E-state index in [9.17, 15) is 4.79 Å². The van der Waals surface area contributed by atoms with Gasteiger partial charge in [-0.25, -0.2) is 14.8 Å². The molecule has 0 unspecified atom stereocenters. The first-order valence-electron chi connectivity index (χ1n) is 9.11. The second-order valence-corrected chi connectivity index (χ2v) is 9.16. The van der Waals surface area contributed by atoms with Crippen LogP contribution in [0.1, 0.15) is 32.0 Å². The number of ether oxygens (including phenoxy) is 1. The number of anilines is 2. The first-order chi connectivity index (χ1) is 13.7. The van der Waals surface area contributed by atoms with Crippen LogP contribution < -0.4 is 22.1 Å². The minimum Gasteiger partial charge on any atom is -0.444 e. The molecule has 2 rings (SSSR count). The number of carbonyl (C=O) groups is 1. The van der Waals surface area contributed by atoms with Crippen LogP contribution in [-0.4, -0.2) is 34.9 Å². The third kappa shape index (κ3) is 9.53. The molecular formula is C19H28N6O2S2. The molecule has 0 saturated heterocycles. The van der Waals surface area contributed by atoms with Gasteiger partial charge in [-0.05, 0) is 38.5 Å². The summed E-state index contributed by atoms with van der Waals surface area (Å²) >= 11 is 3.15. The number of nitrogens with one attached hydrogen (secondary N) is 2. The molecule has 0 aliphatic carbocycles. The summed E-state index contributed by atoms with van der Waals surface area (Å²) < 4.78 is 5.19. The van der Waals surface area contributed by atoms with Gasteiger partial charge in [-0.15, -0.1) is 11.3 Å². The van der Waals surface area contributed by atoms with Crippen molar-refractivity contribution in [3.05, 3.63) is 40.9 Å². The van der Waals surface area contributed by atoms with Crippen LogP contribution in [0.15, 0.2) is 34.6 Å². The van der Waals surface area contributed by atoms with Gasteiger partial charge in [-0.2, -0.15) is 11.8 Å². The van der Waals surface area contributed by atoms with Crippen molar-refractivity contribution < 1.29 is 9.53 Å². The normalized spacial score (nSPS) is 11.9. The van der Waals surface area contributed by atoms with Crippen LogP contribution in [0.2, 0.25) is 0 Å². The molecule has 0 bridgehead atoms. The number of nitrogens with two attached hydrogens (primary N) is 2. The van der Waals surface area contributed by atoms with Gasteiger partial charge in [0.1, 0.15) is 5.60 Å². The Labute approximate surface area is 179 Å². The van der Waals surface area contributed by atoms with Gasteiger partial charge in [0.2, 0.25) is 0 Å². The summed E-state index contributed by atoms with van der Waals surface area (Å²) in [5.41, 5.74) is 13.8. The van der Waals surface area contributed by atoms with Gasteiger partial charge >= 0.3 is 6.09 Å². The van der Waals surface area contributed by atoms with Gasteiger partial charge in [-0.3, -0.25) is 0 Å². The maximum absolute atomic E-state index is 11.6. The lowest BCUT2D eigenvalue weighted by Gasteiger charge is -2.19. The van der Waals surface area contributed by atoms with Crippen LogP contribution in [0, 0.1) is 0 Å². The third-order valence-electron chi connectivity index (χ3n) is 3.33. The van der Waals surface area contributed by atoms with E-state index in [1.807, 2.05) is 50.4 Å². The zero-order chi connectivity index (χ0) is 21.3. The summed E-state index contributed by atoms with van der Waals surface area (Å²) in [6, 6.07) is 7.53. The lowest BCUT2D eigenvalue weighted by Crippen LogP contribution is -2.33. The zero-order valence-electron chi connectivity index (χ0n) is 16.9. The standard InChI is InChI=1S/C19H28N6O2S2/c1-19(2,3)27-18(26)22-7-8-28-11-15-12-29-17(24-15)25-16(21)23-10-13-5-4-6-14(20)9-13/h4-6,9,12H,7-8,10-11,20H2,1-3H3,(H,22,26)(H3,21,23,24,25). The molecule has 1 aromatic carbocycles. The number of nitrogens with zero attached hydrogens (tertiary/aromatic N) is 2. The maximum Gasteiger partial charge on any atom is 0.407 e. The van der Waals surface area contributed by atoms with Crippen molar-refractivity contribution in [2.75, 3.05) is 23.3 Å². The first kappa shape index (κ1) is 22.8. The van der Waals surface area contributed by atoms with Crippen LogP contribution in [0.25, 0.3) is 0 Å². The average Bonchev–Trinajstić information content (AvgIpc) is 3.05.